The van der Waals surface area contributed by atoms with Crippen LogP contribution in [0.4, 0.5) is 20.6 Å². The molecular formula is C18H26FN5O3. The molecule has 2 saturated heterocycles. The van der Waals surface area contributed by atoms with Crippen molar-refractivity contribution in [3.63, 3.8) is 0 Å². The van der Waals surface area contributed by atoms with Crippen molar-refractivity contribution in [3.05, 3.63) is 24.0 Å². The Kier molecular flexibility index (Phi) is 6.12. The Balaban J connectivity index is 1.63. The Morgan fingerprint density at radius 2 is 2.07 bits per heavy atom. The zero-order valence-corrected chi connectivity index (χ0v) is 15.5. The number of carbonyl (C=O) groups excluding carboxylic acids is 2. The van der Waals surface area contributed by atoms with E-state index in [-0.39, 0.29) is 24.8 Å². The number of carbonyl (C=O) groups is 2. The lowest BCUT2D eigenvalue weighted by Gasteiger charge is -2.36. The van der Waals surface area contributed by atoms with Gasteiger partial charge in [-0.3, -0.25) is 14.6 Å². The van der Waals surface area contributed by atoms with E-state index in [1.165, 1.54) is 17.9 Å². The van der Waals surface area contributed by atoms with Gasteiger partial charge in [0.15, 0.2) is 0 Å². The average molecular weight is 379 g/mol. The molecular weight excluding hydrogens is 353 g/mol. The third kappa shape index (κ3) is 4.67. The molecule has 2 heterocycles. The molecule has 0 aromatic heterocycles. The number of piperazine rings is 1. The molecule has 0 bridgehead atoms. The highest BCUT2D eigenvalue weighted by Crippen LogP contribution is 2.28. The third-order valence-corrected chi connectivity index (χ3v) is 4.85. The average Bonchev–Trinajstić information content (AvgIpc) is 3.02. The number of benzene rings is 1. The highest BCUT2D eigenvalue weighted by Gasteiger charge is 2.33. The topological polar surface area (TPSA) is 91.1 Å². The summed E-state index contributed by atoms with van der Waals surface area (Å²) >= 11 is 0. The minimum atomic E-state index is -0.534. The normalized spacial score (nSPS) is 20.7. The fourth-order valence-corrected chi connectivity index (χ4v) is 3.41. The summed E-state index contributed by atoms with van der Waals surface area (Å²) in [6.45, 7) is 6.56. The van der Waals surface area contributed by atoms with Gasteiger partial charge >= 0.3 is 6.09 Å². The number of ether oxygens (including phenoxy) is 1. The lowest BCUT2D eigenvalue weighted by atomic mass is 10.2. The maximum Gasteiger partial charge on any atom is 0.414 e. The van der Waals surface area contributed by atoms with Crippen LogP contribution in [0.1, 0.15) is 6.92 Å². The first-order valence-corrected chi connectivity index (χ1v) is 9.17. The van der Waals surface area contributed by atoms with E-state index >= 15 is 0 Å². The quantitative estimate of drug-likeness (QED) is 0.742. The number of hydrogen-bond acceptors (Lipinski definition) is 6. The standard InChI is InChI=1S/C18H26FN5O3/c1-13(25)21-11-15-12-24(18(26)27-15)14-2-3-17(16(19)10-14)23-8-6-22(5-4-20)7-9-23/h2-3,10,15H,4-9,11-12,20H2,1H3,(H,21,25)/t15-/m0/s1. The largest absolute Gasteiger partial charge is 0.442 e. The Bertz CT molecular complexity index is 694. The number of hydrogen-bond donors (Lipinski definition) is 2. The number of rotatable bonds is 6. The first-order chi connectivity index (χ1) is 13.0. The lowest BCUT2D eigenvalue weighted by Crippen LogP contribution is -2.48. The lowest BCUT2D eigenvalue weighted by molar-refractivity contribution is -0.119. The van der Waals surface area contributed by atoms with E-state index in [9.17, 15) is 14.0 Å². The Hall–Kier alpha value is -2.39. The van der Waals surface area contributed by atoms with Crippen molar-refractivity contribution in [3.8, 4) is 0 Å². The summed E-state index contributed by atoms with van der Waals surface area (Å²) in [6, 6.07) is 4.80. The second kappa shape index (κ2) is 8.53. The van der Waals surface area contributed by atoms with Crippen LogP contribution in [0.25, 0.3) is 0 Å². The van der Waals surface area contributed by atoms with Crippen molar-refractivity contribution < 1.29 is 18.7 Å². The Morgan fingerprint density at radius 1 is 1.33 bits per heavy atom. The second-order valence-electron chi connectivity index (χ2n) is 6.81. The molecule has 0 spiro atoms. The summed E-state index contributed by atoms with van der Waals surface area (Å²) in [4.78, 5) is 28.7. The minimum Gasteiger partial charge on any atom is -0.442 e. The Morgan fingerprint density at radius 3 is 2.70 bits per heavy atom. The van der Waals surface area contributed by atoms with Crippen LogP contribution in [0.2, 0.25) is 0 Å². The van der Waals surface area contributed by atoms with E-state index < -0.39 is 12.2 Å². The van der Waals surface area contributed by atoms with Gasteiger partial charge in [0.2, 0.25) is 5.91 Å². The molecule has 0 saturated carbocycles. The SMILES string of the molecule is CC(=O)NC[C@H]1CN(c2ccc(N3CCN(CCN)CC3)c(F)c2)C(=O)O1. The van der Waals surface area contributed by atoms with Gasteiger partial charge in [0, 0.05) is 46.2 Å². The van der Waals surface area contributed by atoms with Crippen molar-refractivity contribution in [2.75, 3.05) is 62.2 Å². The van der Waals surface area contributed by atoms with Crippen LogP contribution in [0, 0.1) is 5.82 Å². The molecule has 3 N–H and O–H groups in total. The number of cyclic esters (lactones) is 1. The fraction of sp³-hybridized carbons (Fsp3) is 0.556. The van der Waals surface area contributed by atoms with Crippen LogP contribution < -0.4 is 20.9 Å². The van der Waals surface area contributed by atoms with Crippen LogP contribution >= 0.6 is 0 Å². The number of halogens is 1. The summed E-state index contributed by atoms with van der Waals surface area (Å²) in [5.74, 6) is -0.552. The molecule has 2 fully saturated rings. The van der Waals surface area contributed by atoms with E-state index in [4.69, 9.17) is 10.5 Å². The van der Waals surface area contributed by atoms with E-state index in [0.717, 1.165) is 32.7 Å². The molecule has 1 atom stereocenters. The number of amides is 2. The summed E-state index contributed by atoms with van der Waals surface area (Å²) in [5, 5.41) is 2.62. The van der Waals surface area contributed by atoms with Gasteiger partial charge in [-0.2, -0.15) is 0 Å². The molecule has 2 amide bonds. The summed E-state index contributed by atoms with van der Waals surface area (Å²) in [5.41, 5.74) is 6.57. The highest BCUT2D eigenvalue weighted by molar-refractivity contribution is 5.90. The predicted molar refractivity (Wildman–Crippen MR) is 100 cm³/mol. The smallest absolute Gasteiger partial charge is 0.414 e. The zero-order valence-electron chi connectivity index (χ0n) is 15.5. The van der Waals surface area contributed by atoms with Crippen molar-refractivity contribution in [1.82, 2.24) is 10.2 Å². The maximum absolute atomic E-state index is 14.7. The molecule has 0 radical (unpaired) electrons. The van der Waals surface area contributed by atoms with Crippen LogP contribution in [-0.4, -0.2) is 75.4 Å². The molecule has 3 rings (SSSR count). The van der Waals surface area contributed by atoms with Crippen LogP contribution in [0.3, 0.4) is 0 Å². The molecule has 2 aliphatic heterocycles. The van der Waals surface area contributed by atoms with E-state index in [1.54, 1.807) is 12.1 Å². The molecule has 27 heavy (non-hydrogen) atoms. The molecule has 0 unspecified atom stereocenters. The summed E-state index contributed by atoms with van der Waals surface area (Å²) in [6.07, 6.45) is -0.979. The first kappa shape index (κ1) is 19.4. The van der Waals surface area contributed by atoms with Gasteiger partial charge in [-0.25, -0.2) is 9.18 Å². The van der Waals surface area contributed by atoms with Crippen molar-refractivity contribution in [2.24, 2.45) is 5.73 Å². The van der Waals surface area contributed by atoms with E-state index in [2.05, 4.69) is 10.2 Å². The van der Waals surface area contributed by atoms with Gasteiger partial charge in [-0.15, -0.1) is 0 Å². The van der Waals surface area contributed by atoms with Gasteiger partial charge in [-0.05, 0) is 18.2 Å². The molecule has 9 heteroatoms. The number of anilines is 2. The van der Waals surface area contributed by atoms with Crippen molar-refractivity contribution >= 4 is 23.4 Å². The van der Waals surface area contributed by atoms with Crippen LogP contribution in [0.5, 0.6) is 0 Å². The van der Waals surface area contributed by atoms with Crippen LogP contribution in [0.15, 0.2) is 18.2 Å². The molecule has 1 aromatic rings. The number of nitrogens with zero attached hydrogens (tertiary/aromatic N) is 3. The third-order valence-electron chi connectivity index (χ3n) is 4.85. The second-order valence-corrected chi connectivity index (χ2v) is 6.81. The zero-order chi connectivity index (χ0) is 19.4. The molecule has 1 aromatic carbocycles. The van der Waals surface area contributed by atoms with E-state index in [1.807, 2.05) is 4.90 Å². The van der Waals surface area contributed by atoms with Gasteiger partial charge < -0.3 is 20.7 Å². The minimum absolute atomic E-state index is 0.188. The van der Waals surface area contributed by atoms with Gasteiger partial charge in [-0.1, -0.05) is 0 Å². The summed E-state index contributed by atoms with van der Waals surface area (Å²) < 4.78 is 19.9. The monoisotopic (exact) mass is 379 g/mol. The number of nitrogens with two attached hydrogens (primary N) is 1. The Labute approximate surface area is 158 Å². The van der Waals surface area contributed by atoms with Gasteiger partial charge in [0.1, 0.15) is 11.9 Å². The first-order valence-electron chi connectivity index (χ1n) is 9.17. The highest BCUT2D eigenvalue weighted by atomic mass is 19.1. The van der Waals surface area contributed by atoms with Gasteiger partial charge in [0.05, 0.1) is 24.5 Å². The molecule has 2 aliphatic rings. The fourth-order valence-electron chi connectivity index (χ4n) is 3.41. The van der Waals surface area contributed by atoms with Gasteiger partial charge in [0.25, 0.3) is 0 Å². The molecule has 148 valence electrons. The molecule has 0 aliphatic carbocycles. The van der Waals surface area contributed by atoms with E-state index in [0.29, 0.717) is 17.9 Å². The summed E-state index contributed by atoms with van der Waals surface area (Å²) in [7, 11) is 0. The van der Waals surface area contributed by atoms with Crippen molar-refractivity contribution in [2.45, 2.75) is 13.0 Å². The molecule has 8 nitrogen and oxygen atoms in total. The van der Waals surface area contributed by atoms with Crippen molar-refractivity contribution in [1.29, 1.82) is 0 Å². The number of nitrogens with one attached hydrogen (secondary N) is 1. The predicted octanol–water partition coefficient (Wildman–Crippen LogP) is 0.368. The van der Waals surface area contributed by atoms with Crippen LogP contribution in [-0.2, 0) is 9.53 Å². The maximum atomic E-state index is 14.7.